The first-order valence-electron chi connectivity index (χ1n) is 2.49. The Morgan fingerprint density at radius 1 is 1.89 bits per heavy atom. The van der Waals surface area contributed by atoms with E-state index in [9.17, 15) is 0 Å². The van der Waals surface area contributed by atoms with Crippen LogP contribution in [-0.2, 0) is 6.54 Å². The Morgan fingerprint density at radius 2 is 2.78 bits per heavy atom. The van der Waals surface area contributed by atoms with Gasteiger partial charge in [0.25, 0.3) is 0 Å². The van der Waals surface area contributed by atoms with Gasteiger partial charge in [0.1, 0.15) is 5.01 Å². The second kappa shape index (κ2) is 3.53. The van der Waals surface area contributed by atoms with Crippen LogP contribution in [0.15, 0.2) is 11.6 Å². The molecule has 48 valence electrons. The zero-order valence-corrected chi connectivity index (χ0v) is 6.34. The lowest BCUT2D eigenvalue weighted by atomic mass is 10.7. The molecule has 1 aromatic rings. The molecule has 0 amide bonds. The van der Waals surface area contributed by atoms with Crippen LogP contribution in [-0.4, -0.2) is 10.5 Å². The summed E-state index contributed by atoms with van der Waals surface area (Å²) in [4.78, 5) is 4.04. The lowest BCUT2D eigenvalue weighted by Crippen LogP contribution is -2.07. The summed E-state index contributed by atoms with van der Waals surface area (Å²) in [6, 6.07) is 0. The van der Waals surface area contributed by atoms with Crippen molar-refractivity contribution in [3.63, 3.8) is 0 Å². The molecular formula is C5H6N2S2. The summed E-state index contributed by atoms with van der Waals surface area (Å²) in [7, 11) is 0. The molecule has 0 saturated carbocycles. The fraction of sp³-hybridized carbons (Fsp3) is 0.200. The molecule has 1 N–H and O–H groups in total. The summed E-state index contributed by atoms with van der Waals surface area (Å²) in [5.74, 6) is 0. The maximum absolute atomic E-state index is 4.57. The summed E-state index contributed by atoms with van der Waals surface area (Å²) >= 11 is 6.19. The fourth-order valence-electron chi connectivity index (χ4n) is 0.469. The van der Waals surface area contributed by atoms with E-state index in [0.717, 1.165) is 11.6 Å². The summed E-state index contributed by atoms with van der Waals surface area (Å²) in [6.45, 7) is 0.751. The van der Waals surface area contributed by atoms with Crippen LogP contribution in [0, 0.1) is 0 Å². The van der Waals surface area contributed by atoms with Crippen molar-refractivity contribution in [1.82, 2.24) is 10.3 Å². The molecule has 0 fully saturated rings. The Hall–Kier alpha value is -0.480. The third kappa shape index (κ3) is 2.07. The third-order valence-corrected chi connectivity index (χ3v) is 1.77. The molecule has 0 atom stereocenters. The minimum absolute atomic E-state index is 0.751. The van der Waals surface area contributed by atoms with E-state index in [1.807, 2.05) is 5.38 Å². The minimum atomic E-state index is 0.751. The van der Waals surface area contributed by atoms with E-state index in [4.69, 9.17) is 0 Å². The van der Waals surface area contributed by atoms with Gasteiger partial charge in [-0.1, -0.05) is 12.2 Å². The van der Waals surface area contributed by atoms with Gasteiger partial charge in [0.05, 0.1) is 12.0 Å². The van der Waals surface area contributed by atoms with Gasteiger partial charge in [-0.05, 0) is 0 Å². The van der Waals surface area contributed by atoms with Crippen LogP contribution in [0.5, 0.6) is 0 Å². The molecule has 0 saturated heterocycles. The predicted molar refractivity (Wildman–Crippen MR) is 42.6 cm³/mol. The molecule has 0 unspecified atom stereocenters. The first-order chi connectivity index (χ1) is 4.43. The van der Waals surface area contributed by atoms with E-state index in [2.05, 4.69) is 22.5 Å². The molecule has 0 aliphatic rings. The van der Waals surface area contributed by atoms with Crippen LogP contribution in [0.1, 0.15) is 5.01 Å². The van der Waals surface area contributed by atoms with Crippen LogP contribution in [0.4, 0.5) is 0 Å². The summed E-state index contributed by atoms with van der Waals surface area (Å²) in [5, 5.41) is 5.90. The molecule has 0 aliphatic carbocycles. The largest absolute Gasteiger partial charge is 0.376 e. The lowest BCUT2D eigenvalue weighted by molar-refractivity contribution is 0.928. The number of hydrogen-bond donors (Lipinski definition) is 1. The Bertz CT molecular complexity index is 171. The second-order valence-electron chi connectivity index (χ2n) is 1.42. The van der Waals surface area contributed by atoms with E-state index < -0.39 is 0 Å². The van der Waals surface area contributed by atoms with Gasteiger partial charge in [0, 0.05) is 11.6 Å². The summed E-state index contributed by atoms with van der Waals surface area (Å²) in [6.07, 6.45) is 1.78. The van der Waals surface area contributed by atoms with Crippen LogP contribution < -0.4 is 5.32 Å². The maximum atomic E-state index is 4.57. The summed E-state index contributed by atoms with van der Waals surface area (Å²) < 4.78 is 0. The van der Waals surface area contributed by atoms with E-state index in [-0.39, 0.29) is 0 Å². The Morgan fingerprint density at radius 3 is 3.33 bits per heavy atom. The normalized spacial score (nSPS) is 8.89. The van der Waals surface area contributed by atoms with Crippen LogP contribution in [0.25, 0.3) is 0 Å². The van der Waals surface area contributed by atoms with Crippen molar-refractivity contribution in [3.05, 3.63) is 16.6 Å². The third-order valence-electron chi connectivity index (χ3n) is 0.820. The molecule has 1 aromatic heterocycles. The van der Waals surface area contributed by atoms with Crippen LogP contribution in [0.3, 0.4) is 0 Å². The first-order valence-corrected chi connectivity index (χ1v) is 3.84. The van der Waals surface area contributed by atoms with Crippen LogP contribution >= 0.6 is 23.6 Å². The van der Waals surface area contributed by atoms with E-state index in [1.54, 1.807) is 17.5 Å². The Balaban J connectivity index is 2.38. The minimum Gasteiger partial charge on any atom is -0.376 e. The van der Waals surface area contributed by atoms with E-state index in [1.165, 1.54) is 5.49 Å². The van der Waals surface area contributed by atoms with Gasteiger partial charge in [0.15, 0.2) is 0 Å². The zero-order chi connectivity index (χ0) is 6.53. The van der Waals surface area contributed by atoms with Crippen molar-refractivity contribution in [3.8, 4) is 0 Å². The van der Waals surface area contributed by atoms with Crippen molar-refractivity contribution < 1.29 is 0 Å². The Labute approximate surface area is 62.9 Å². The predicted octanol–water partition coefficient (Wildman–Crippen LogP) is 1.19. The monoisotopic (exact) mass is 158 g/mol. The van der Waals surface area contributed by atoms with Crippen LogP contribution in [0.2, 0.25) is 0 Å². The number of aromatic nitrogens is 1. The topological polar surface area (TPSA) is 24.9 Å². The number of rotatable bonds is 3. The number of nitrogens with one attached hydrogen (secondary N) is 1. The van der Waals surface area contributed by atoms with Gasteiger partial charge < -0.3 is 5.32 Å². The molecule has 1 rings (SSSR count). The number of thiocarbonyl (C=S) groups is 1. The highest BCUT2D eigenvalue weighted by Gasteiger charge is 1.89. The molecule has 9 heavy (non-hydrogen) atoms. The standard InChI is InChI=1S/C5H6N2S2/c8-4-6-3-5-7-1-2-9-5/h1-2,4H,3H2,(H,6,8). The number of nitrogens with zero attached hydrogens (tertiary/aromatic N) is 1. The van der Waals surface area contributed by atoms with Crippen molar-refractivity contribution in [2.24, 2.45) is 0 Å². The van der Waals surface area contributed by atoms with Gasteiger partial charge >= 0.3 is 0 Å². The van der Waals surface area contributed by atoms with Gasteiger partial charge in [-0.3, -0.25) is 0 Å². The van der Waals surface area contributed by atoms with Gasteiger partial charge in [0.2, 0.25) is 0 Å². The van der Waals surface area contributed by atoms with Gasteiger partial charge in [-0.25, -0.2) is 4.98 Å². The molecule has 4 heteroatoms. The average Bonchev–Trinajstić information content (AvgIpc) is 2.34. The quantitative estimate of drug-likeness (QED) is 0.669. The molecule has 1 heterocycles. The highest BCUT2D eigenvalue weighted by Crippen LogP contribution is 2.01. The van der Waals surface area contributed by atoms with E-state index in [0.29, 0.717) is 0 Å². The smallest absolute Gasteiger partial charge is 0.112 e. The molecule has 0 aromatic carbocycles. The molecule has 0 bridgehead atoms. The van der Waals surface area contributed by atoms with Crippen molar-refractivity contribution in [2.75, 3.05) is 0 Å². The summed E-state index contributed by atoms with van der Waals surface area (Å²) in [5.41, 5.74) is 1.50. The molecule has 0 radical (unpaired) electrons. The highest BCUT2D eigenvalue weighted by molar-refractivity contribution is 7.78. The Kier molecular flexibility index (Phi) is 2.60. The number of hydrogen-bond acceptors (Lipinski definition) is 3. The van der Waals surface area contributed by atoms with Gasteiger partial charge in [-0.15, -0.1) is 11.3 Å². The zero-order valence-electron chi connectivity index (χ0n) is 4.70. The fourth-order valence-corrected chi connectivity index (χ4v) is 1.12. The van der Waals surface area contributed by atoms with Crippen molar-refractivity contribution in [2.45, 2.75) is 6.54 Å². The average molecular weight is 158 g/mol. The van der Waals surface area contributed by atoms with Crippen molar-refractivity contribution in [1.29, 1.82) is 0 Å². The second-order valence-corrected chi connectivity index (χ2v) is 2.64. The highest BCUT2D eigenvalue weighted by atomic mass is 32.1. The molecule has 0 spiro atoms. The first kappa shape index (κ1) is 6.64. The SMILES string of the molecule is S=CNCc1nccs1. The number of thiazole rings is 1. The molecule has 2 nitrogen and oxygen atoms in total. The molecular weight excluding hydrogens is 152 g/mol. The maximum Gasteiger partial charge on any atom is 0.112 e. The van der Waals surface area contributed by atoms with E-state index >= 15 is 0 Å². The molecule has 0 aliphatic heterocycles. The lowest BCUT2D eigenvalue weighted by Gasteiger charge is -1.90. The van der Waals surface area contributed by atoms with Crippen molar-refractivity contribution >= 4 is 29.0 Å². The van der Waals surface area contributed by atoms with Gasteiger partial charge in [-0.2, -0.15) is 0 Å².